The molecule has 1 unspecified atom stereocenters. The molecule has 1 aromatic rings. The first kappa shape index (κ1) is 13.2. The van der Waals surface area contributed by atoms with E-state index in [1.165, 1.54) is 0 Å². The van der Waals surface area contributed by atoms with Crippen LogP contribution in [0.1, 0.15) is 12.5 Å². The predicted molar refractivity (Wildman–Crippen MR) is 69.1 cm³/mol. The smallest absolute Gasteiger partial charge is 0.224 e. The largest absolute Gasteiger partial charge is 0.355 e. The monoisotopic (exact) mass is 284 g/mol. The van der Waals surface area contributed by atoms with Gasteiger partial charge < -0.3 is 11.1 Å². The molecule has 1 atom stereocenters. The molecule has 0 aliphatic heterocycles. The zero-order chi connectivity index (χ0) is 12.0. The summed E-state index contributed by atoms with van der Waals surface area (Å²) in [5.41, 5.74) is 6.48. The molecule has 0 saturated carbocycles. The van der Waals surface area contributed by atoms with Gasteiger partial charge in [-0.2, -0.15) is 0 Å². The van der Waals surface area contributed by atoms with Crippen molar-refractivity contribution in [2.24, 2.45) is 11.7 Å². The summed E-state index contributed by atoms with van der Waals surface area (Å²) >= 11 is 3.42. The number of nitrogens with two attached hydrogens (primary N) is 1. The highest BCUT2D eigenvalue weighted by atomic mass is 79.9. The standard InChI is InChI=1S/C12H17BrN2O/c1-9(7-14)8-15-12(16)6-10-4-2-3-5-11(10)13/h2-5,9H,6-8,14H2,1H3,(H,15,16). The fourth-order valence-corrected chi connectivity index (χ4v) is 1.67. The van der Waals surface area contributed by atoms with E-state index in [9.17, 15) is 4.79 Å². The third-order valence-electron chi connectivity index (χ3n) is 2.36. The van der Waals surface area contributed by atoms with Gasteiger partial charge in [-0.3, -0.25) is 4.79 Å². The van der Waals surface area contributed by atoms with E-state index in [4.69, 9.17) is 5.73 Å². The molecular formula is C12H17BrN2O. The lowest BCUT2D eigenvalue weighted by Gasteiger charge is -2.10. The van der Waals surface area contributed by atoms with Gasteiger partial charge in [0.15, 0.2) is 0 Å². The molecule has 0 fully saturated rings. The maximum absolute atomic E-state index is 11.6. The van der Waals surface area contributed by atoms with Crippen LogP contribution < -0.4 is 11.1 Å². The van der Waals surface area contributed by atoms with Crippen LogP contribution in [0.4, 0.5) is 0 Å². The van der Waals surface area contributed by atoms with E-state index in [0.29, 0.717) is 25.4 Å². The molecule has 0 saturated heterocycles. The minimum Gasteiger partial charge on any atom is -0.355 e. The van der Waals surface area contributed by atoms with Gasteiger partial charge in [-0.05, 0) is 24.1 Å². The number of carbonyl (C=O) groups is 1. The van der Waals surface area contributed by atoms with Crippen molar-refractivity contribution in [3.05, 3.63) is 34.3 Å². The van der Waals surface area contributed by atoms with Crippen LogP contribution in [0, 0.1) is 5.92 Å². The van der Waals surface area contributed by atoms with Crippen molar-refractivity contribution in [3.63, 3.8) is 0 Å². The van der Waals surface area contributed by atoms with Crippen molar-refractivity contribution < 1.29 is 4.79 Å². The number of amides is 1. The highest BCUT2D eigenvalue weighted by Crippen LogP contribution is 2.16. The average molecular weight is 285 g/mol. The van der Waals surface area contributed by atoms with Gasteiger partial charge in [0.05, 0.1) is 6.42 Å². The van der Waals surface area contributed by atoms with Crippen LogP contribution >= 0.6 is 15.9 Å². The van der Waals surface area contributed by atoms with Gasteiger partial charge in [-0.25, -0.2) is 0 Å². The molecule has 4 heteroatoms. The molecule has 0 aliphatic rings. The minimum absolute atomic E-state index is 0.0344. The number of nitrogens with one attached hydrogen (secondary N) is 1. The van der Waals surface area contributed by atoms with Gasteiger partial charge in [-0.1, -0.05) is 41.1 Å². The van der Waals surface area contributed by atoms with E-state index in [1.54, 1.807) is 0 Å². The number of halogens is 1. The summed E-state index contributed by atoms with van der Waals surface area (Å²) in [4.78, 5) is 11.6. The molecular weight excluding hydrogens is 268 g/mol. The van der Waals surface area contributed by atoms with Crippen molar-refractivity contribution in [2.45, 2.75) is 13.3 Å². The number of hydrogen-bond donors (Lipinski definition) is 2. The van der Waals surface area contributed by atoms with Gasteiger partial charge in [0.1, 0.15) is 0 Å². The Balaban J connectivity index is 2.43. The summed E-state index contributed by atoms with van der Waals surface area (Å²) < 4.78 is 0.969. The Morgan fingerprint density at radius 2 is 2.19 bits per heavy atom. The molecule has 0 bridgehead atoms. The van der Waals surface area contributed by atoms with Crippen molar-refractivity contribution in [1.82, 2.24) is 5.32 Å². The maximum atomic E-state index is 11.6. The van der Waals surface area contributed by atoms with E-state index in [-0.39, 0.29) is 5.91 Å². The third-order valence-corrected chi connectivity index (χ3v) is 3.13. The molecule has 88 valence electrons. The van der Waals surface area contributed by atoms with Crippen LogP contribution in [0.2, 0.25) is 0 Å². The molecule has 0 spiro atoms. The van der Waals surface area contributed by atoms with E-state index < -0.39 is 0 Å². The Labute approximate surface area is 105 Å². The summed E-state index contributed by atoms with van der Waals surface area (Å²) in [5, 5.41) is 2.87. The van der Waals surface area contributed by atoms with Crippen LogP contribution in [0.25, 0.3) is 0 Å². The summed E-state index contributed by atoms with van der Waals surface area (Å²) in [5.74, 6) is 0.357. The zero-order valence-electron chi connectivity index (χ0n) is 9.37. The van der Waals surface area contributed by atoms with Crippen molar-refractivity contribution in [2.75, 3.05) is 13.1 Å². The van der Waals surface area contributed by atoms with Crippen LogP contribution in [-0.4, -0.2) is 19.0 Å². The minimum atomic E-state index is 0.0344. The topological polar surface area (TPSA) is 55.1 Å². The van der Waals surface area contributed by atoms with E-state index in [2.05, 4.69) is 21.2 Å². The number of carbonyl (C=O) groups excluding carboxylic acids is 1. The third kappa shape index (κ3) is 4.33. The quantitative estimate of drug-likeness (QED) is 0.865. The second-order valence-corrected chi connectivity index (χ2v) is 4.77. The van der Waals surface area contributed by atoms with Crippen molar-refractivity contribution >= 4 is 21.8 Å². The molecule has 3 N–H and O–H groups in total. The lowest BCUT2D eigenvalue weighted by molar-refractivity contribution is -0.120. The summed E-state index contributed by atoms with van der Waals surface area (Å²) in [7, 11) is 0. The van der Waals surface area contributed by atoms with Gasteiger partial charge in [0.25, 0.3) is 0 Å². The Morgan fingerprint density at radius 1 is 1.50 bits per heavy atom. The Morgan fingerprint density at radius 3 is 2.81 bits per heavy atom. The van der Waals surface area contributed by atoms with Crippen LogP contribution in [0.5, 0.6) is 0 Å². The highest BCUT2D eigenvalue weighted by Gasteiger charge is 2.07. The fraction of sp³-hybridized carbons (Fsp3) is 0.417. The highest BCUT2D eigenvalue weighted by molar-refractivity contribution is 9.10. The van der Waals surface area contributed by atoms with Gasteiger partial charge in [-0.15, -0.1) is 0 Å². The van der Waals surface area contributed by atoms with Crippen molar-refractivity contribution in [1.29, 1.82) is 0 Å². The maximum Gasteiger partial charge on any atom is 0.224 e. The zero-order valence-corrected chi connectivity index (χ0v) is 11.0. The second-order valence-electron chi connectivity index (χ2n) is 3.91. The molecule has 16 heavy (non-hydrogen) atoms. The predicted octanol–water partition coefficient (Wildman–Crippen LogP) is 1.70. The molecule has 0 radical (unpaired) electrons. The van der Waals surface area contributed by atoms with Crippen LogP contribution in [0.15, 0.2) is 28.7 Å². The number of benzene rings is 1. The molecule has 1 aromatic carbocycles. The first-order valence-corrected chi connectivity index (χ1v) is 6.13. The average Bonchev–Trinajstić information content (AvgIpc) is 2.29. The first-order chi connectivity index (χ1) is 7.63. The van der Waals surface area contributed by atoms with E-state index in [1.807, 2.05) is 31.2 Å². The number of rotatable bonds is 5. The van der Waals surface area contributed by atoms with Gasteiger partial charge >= 0.3 is 0 Å². The molecule has 1 rings (SSSR count). The summed E-state index contributed by atoms with van der Waals surface area (Å²) in [6.07, 6.45) is 0.402. The Kier molecular flexibility index (Phi) is 5.49. The van der Waals surface area contributed by atoms with Gasteiger partial charge in [0, 0.05) is 11.0 Å². The Bertz CT molecular complexity index is 355. The molecule has 0 aliphatic carbocycles. The molecule has 3 nitrogen and oxygen atoms in total. The second kappa shape index (κ2) is 6.66. The van der Waals surface area contributed by atoms with Gasteiger partial charge in [0.2, 0.25) is 5.91 Å². The lowest BCUT2D eigenvalue weighted by atomic mass is 10.1. The van der Waals surface area contributed by atoms with Crippen molar-refractivity contribution in [3.8, 4) is 0 Å². The lowest BCUT2D eigenvalue weighted by Crippen LogP contribution is -2.32. The molecule has 0 aromatic heterocycles. The van der Waals surface area contributed by atoms with Crippen LogP contribution in [0.3, 0.4) is 0 Å². The van der Waals surface area contributed by atoms with E-state index >= 15 is 0 Å². The fourth-order valence-electron chi connectivity index (χ4n) is 1.25. The molecule has 0 heterocycles. The van der Waals surface area contributed by atoms with Crippen LogP contribution in [-0.2, 0) is 11.2 Å². The molecule has 1 amide bonds. The Hall–Kier alpha value is -0.870. The first-order valence-electron chi connectivity index (χ1n) is 5.33. The summed E-state index contributed by atoms with van der Waals surface area (Å²) in [6, 6.07) is 7.74. The van der Waals surface area contributed by atoms with E-state index in [0.717, 1.165) is 10.0 Å². The SMILES string of the molecule is CC(CN)CNC(=O)Cc1ccccc1Br. The summed E-state index contributed by atoms with van der Waals surface area (Å²) in [6.45, 7) is 3.24. The normalized spacial score (nSPS) is 12.2. The number of hydrogen-bond acceptors (Lipinski definition) is 2.